The molecule has 3 rings (SSSR count). The van der Waals surface area contributed by atoms with E-state index in [0.29, 0.717) is 22.9 Å². The Hall–Kier alpha value is -2.53. The molecule has 21 heavy (non-hydrogen) atoms. The molecule has 0 aliphatic carbocycles. The van der Waals surface area contributed by atoms with E-state index in [1.165, 1.54) is 0 Å². The van der Waals surface area contributed by atoms with Crippen molar-refractivity contribution in [2.45, 2.75) is 6.54 Å². The number of halogens is 1. The molecule has 0 saturated carbocycles. The fourth-order valence-corrected chi connectivity index (χ4v) is 2.25. The maximum atomic E-state index is 9.87. The van der Waals surface area contributed by atoms with Crippen LogP contribution in [0.5, 0.6) is 5.75 Å². The zero-order chi connectivity index (χ0) is 14.7. The lowest BCUT2D eigenvalue weighted by Crippen LogP contribution is -2.07. The van der Waals surface area contributed by atoms with Crippen molar-refractivity contribution >= 4 is 17.3 Å². The van der Waals surface area contributed by atoms with Gasteiger partial charge in [0.2, 0.25) is 0 Å². The van der Waals surface area contributed by atoms with E-state index in [2.05, 4.69) is 15.4 Å². The largest absolute Gasteiger partial charge is 0.508 e. The SMILES string of the molecule is Oc1cccc(Cl)c1CNc1cccnc1-n1cccn1. The molecular formula is C15H13ClN4O. The average Bonchev–Trinajstić information content (AvgIpc) is 3.01. The van der Waals surface area contributed by atoms with E-state index in [1.54, 1.807) is 35.3 Å². The molecule has 0 fully saturated rings. The molecule has 0 saturated heterocycles. The van der Waals surface area contributed by atoms with Crippen LogP contribution < -0.4 is 5.32 Å². The van der Waals surface area contributed by atoms with Gasteiger partial charge in [0.15, 0.2) is 5.82 Å². The molecule has 0 unspecified atom stereocenters. The number of aromatic nitrogens is 3. The van der Waals surface area contributed by atoms with E-state index >= 15 is 0 Å². The Kier molecular flexibility index (Phi) is 3.75. The summed E-state index contributed by atoms with van der Waals surface area (Å²) in [5.74, 6) is 0.855. The number of phenolic OH excluding ortho intramolecular Hbond substituents is 1. The molecule has 0 bridgehead atoms. The van der Waals surface area contributed by atoms with E-state index in [0.717, 1.165) is 5.69 Å². The number of pyridine rings is 1. The van der Waals surface area contributed by atoms with Crippen molar-refractivity contribution in [3.63, 3.8) is 0 Å². The van der Waals surface area contributed by atoms with Gasteiger partial charge in [-0.1, -0.05) is 17.7 Å². The first kappa shape index (κ1) is 13.5. The molecule has 1 aromatic carbocycles. The molecule has 2 N–H and O–H groups in total. The molecule has 2 heterocycles. The Morgan fingerprint density at radius 2 is 2.05 bits per heavy atom. The van der Waals surface area contributed by atoms with Gasteiger partial charge in [-0.3, -0.25) is 0 Å². The molecule has 0 amide bonds. The van der Waals surface area contributed by atoms with Gasteiger partial charge in [-0.15, -0.1) is 0 Å². The Balaban J connectivity index is 1.86. The van der Waals surface area contributed by atoms with E-state index in [1.807, 2.05) is 24.4 Å². The molecule has 3 aromatic rings. The number of phenols is 1. The summed E-state index contributed by atoms with van der Waals surface area (Å²) in [6.45, 7) is 0.394. The predicted octanol–water partition coefficient (Wildman–Crippen LogP) is 3.24. The molecule has 2 aromatic heterocycles. The third-order valence-corrected chi connectivity index (χ3v) is 3.41. The Labute approximate surface area is 126 Å². The van der Waals surface area contributed by atoms with Crippen molar-refractivity contribution in [3.05, 3.63) is 65.6 Å². The number of hydrogen-bond donors (Lipinski definition) is 2. The van der Waals surface area contributed by atoms with Crippen LogP contribution in [0.1, 0.15) is 5.56 Å². The van der Waals surface area contributed by atoms with Gasteiger partial charge in [0.1, 0.15) is 5.75 Å². The second-order valence-corrected chi connectivity index (χ2v) is 4.82. The van der Waals surface area contributed by atoms with Crippen LogP contribution in [0.15, 0.2) is 55.0 Å². The number of nitrogens with zero attached hydrogens (tertiary/aromatic N) is 3. The third kappa shape index (κ3) is 2.83. The van der Waals surface area contributed by atoms with Crippen LogP contribution in [0, 0.1) is 0 Å². The maximum absolute atomic E-state index is 9.87. The zero-order valence-electron chi connectivity index (χ0n) is 11.1. The van der Waals surface area contributed by atoms with Gasteiger partial charge in [-0.2, -0.15) is 5.10 Å². The minimum Gasteiger partial charge on any atom is -0.508 e. The fraction of sp³-hybridized carbons (Fsp3) is 0.0667. The molecule has 6 heteroatoms. The normalized spacial score (nSPS) is 10.5. The van der Waals surface area contributed by atoms with Crippen molar-refractivity contribution in [2.24, 2.45) is 0 Å². The van der Waals surface area contributed by atoms with Crippen molar-refractivity contribution < 1.29 is 5.11 Å². The van der Waals surface area contributed by atoms with Crippen LogP contribution >= 0.6 is 11.6 Å². The summed E-state index contributed by atoms with van der Waals surface area (Å²) in [6.07, 6.45) is 5.22. The van der Waals surface area contributed by atoms with Crippen LogP contribution in [-0.2, 0) is 6.54 Å². The highest BCUT2D eigenvalue weighted by Gasteiger charge is 2.09. The first-order chi connectivity index (χ1) is 10.3. The van der Waals surface area contributed by atoms with Gasteiger partial charge in [0, 0.05) is 35.7 Å². The minimum atomic E-state index is 0.166. The van der Waals surface area contributed by atoms with Gasteiger partial charge in [0.05, 0.1) is 5.69 Å². The second kappa shape index (κ2) is 5.85. The van der Waals surface area contributed by atoms with Gasteiger partial charge < -0.3 is 10.4 Å². The summed E-state index contributed by atoms with van der Waals surface area (Å²) in [7, 11) is 0. The van der Waals surface area contributed by atoms with Crippen LogP contribution in [0.2, 0.25) is 5.02 Å². The predicted molar refractivity (Wildman–Crippen MR) is 81.8 cm³/mol. The summed E-state index contributed by atoms with van der Waals surface area (Å²) in [5.41, 5.74) is 1.45. The number of rotatable bonds is 4. The number of aromatic hydroxyl groups is 1. The maximum Gasteiger partial charge on any atom is 0.176 e. The van der Waals surface area contributed by atoms with E-state index < -0.39 is 0 Å². The van der Waals surface area contributed by atoms with Gasteiger partial charge in [-0.05, 0) is 30.3 Å². The average molecular weight is 301 g/mol. The standard InChI is InChI=1S/C15H13ClN4O/c16-12-4-1-6-14(21)11(12)10-18-13-5-2-7-17-15(13)20-9-3-8-19-20/h1-9,18,21H,10H2. The topological polar surface area (TPSA) is 63.0 Å². The molecule has 0 spiro atoms. The molecule has 0 aliphatic rings. The van der Waals surface area contributed by atoms with E-state index in [4.69, 9.17) is 11.6 Å². The van der Waals surface area contributed by atoms with E-state index in [9.17, 15) is 5.11 Å². The highest BCUT2D eigenvalue weighted by molar-refractivity contribution is 6.31. The smallest absolute Gasteiger partial charge is 0.176 e. The van der Waals surface area contributed by atoms with Crippen molar-refractivity contribution in [2.75, 3.05) is 5.32 Å². The van der Waals surface area contributed by atoms with Crippen molar-refractivity contribution in [3.8, 4) is 11.6 Å². The van der Waals surface area contributed by atoms with E-state index in [-0.39, 0.29) is 5.75 Å². The zero-order valence-corrected chi connectivity index (χ0v) is 11.8. The van der Waals surface area contributed by atoms with Crippen LogP contribution in [0.3, 0.4) is 0 Å². The number of anilines is 1. The Morgan fingerprint density at radius 3 is 2.81 bits per heavy atom. The van der Waals surface area contributed by atoms with Crippen LogP contribution in [0.25, 0.3) is 5.82 Å². The van der Waals surface area contributed by atoms with Crippen molar-refractivity contribution in [1.82, 2.24) is 14.8 Å². The number of nitrogens with one attached hydrogen (secondary N) is 1. The second-order valence-electron chi connectivity index (χ2n) is 4.42. The fourth-order valence-electron chi connectivity index (χ4n) is 2.02. The molecule has 0 aliphatic heterocycles. The van der Waals surface area contributed by atoms with Crippen molar-refractivity contribution in [1.29, 1.82) is 0 Å². The number of benzene rings is 1. The summed E-state index contributed by atoms with van der Waals surface area (Å²) < 4.78 is 1.68. The summed E-state index contributed by atoms with van der Waals surface area (Å²) in [6, 6.07) is 10.6. The quantitative estimate of drug-likeness (QED) is 0.776. The summed E-state index contributed by atoms with van der Waals surface area (Å²) in [4.78, 5) is 4.32. The van der Waals surface area contributed by atoms with Gasteiger partial charge >= 0.3 is 0 Å². The van der Waals surface area contributed by atoms with Gasteiger partial charge in [-0.25, -0.2) is 9.67 Å². The first-order valence-corrected chi connectivity index (χ1v) is 6.79. The highest BCUT2D eigenvalue weighted by Crippen LogP contribution is 2.26. The molecule has 0 radical (unpaired) electrons. The third-order valence-electron chi connectivity index (χ3n) is 3.06. The summed E-state index contributed by atoms with van der Waals surface area (Å²) >= 11 is 6.10. The lowest BCUT2D eigenvalue weighted by Gasteiger charge is -2.12. The minimum absolute atomic E-state index is 0.166. The van der Waals surface area contributed by atoms with Crippen LogP contribution in [0.4, 0.5) is 5.69 Å². The number of hydrogen-bond acceptors (Lipinski definition) is 4. The lowest BCUT2D eigenvalue weighted by molar-refractivity contribution is 0.469. The molecular weight excluding hydrogens is 288 g/mol. The molecule has 5 nitrogen and oxygen atoms in total. The molecule has 0 atom stereocenters. The van der Waals surface area contributed by atoms with Crippen LogP contribution in [-0.4, -0.2) is 19.9 Å². The Morgan fingerprint density at radius 1 is 1.14 bits per heavy atom. The monoisotopic (exact) mass is 300 g/mol. The first-order valence-electron chi connectivity index (χ1n) is 6.41. The highest BCUT2D eigenvalue weighted by atomic mass is 35.5. The molecule has 106 valence electrons. The Bertz CT molecular complexity index is 723. The summed E-state index contributed by atoms with van der Waals surface area (Å²) in [5, 5.41) is 17.8. The lowest BCUT2D eigenvalue weighted by atomic mass is 10.2. The van der Waals surface area contributed by atoms with Gasteiger partial charge in [0.25, 0.3) is 0 Å².